The molecule has 2 aliphatic rings. The van der Waals surface area contributed by atoms with Crippen molar-refractivity contribution in [3.8, 4) is 0 Å². The van der Waals surface area contributed by atoms with Gasteiger partial charge in [0.05, 0.1) is 17.8 Å². The van der Waals surface area contributed by atoms with Crippen LogP contribution in [-0.2, 0) is 11.3 Å². The van der Waals surface area contributed by atoms with Gasteiger partial charge in [-0.3, -0.25) is 14.4 Å². The molecule has 6 heteroatoms. The molecule has 2 atom stereocenters. The normalized spacial score (nSPS) is 18.9. The standard InChI is InChI=1S/C26H31N3O3/c1-17(2)15-18(3)27-24(30)20-12-10-19(11-13-20)16-29-22-8-5-4-7-21(22)25(31)28-14-6-9-23(28)26(29)32/h4-5,7-8,10-13,17-18,23H,6,9,14-16H2,1-3H3,(H,27,30)/t18-,23-/m0/s1. The highest BCUT2D eigenvalue weighted by molar-refractivity contribution is 6.11. The SMILES string of the molecule is CC(C)C[C@H](C)NC(=O)c1ccc(CN2C(=O)[C@@H]3CCCN3C(=O)c3ccccc32)cc1. The van der Waals surface area contributed by atoms with Crippen LogP contribution >= 0.6 is 0 Å². The van der Waals surface area contributed by atoms with Crippen molar-refractivity contribution >= 4 is 23.4 Å². The Labute approximate surface area is 189 Å². The maximum absolute atomic E-state index is 13.4. The van der Waals surface area contributed by atoms with Gasteiger partial charge in [0.25, 0.3) is 11.8 Å². The average molecular weight is 434 g/mol. The van der Waals surface area contributed by atoms with Crippen molar-refractivity contribution in [3.63, 3.8) is 0 Å². The van der Waals surface area contributed by atoms with E-state index in [9.17, 15) is 14.4 Å². The first-order chi connectivity index (χ1) is 15.3. The lowest BCUT2D eigenvalue weighted by Gasteiger charge is -2.26. The summed E-state index contributed by atoms with van der Waals surface area (Å²) in [5.74, 6) is 0.323. The largest absolute Gasteiger partial charge is 0.350 e. The molecule has 0 bridgehead atoms. The Kier molecular flexibility index (Phi) is 6.31. The van der Waals surface area contributed by atoms with Crippen LogP contribution in [0, 0.1) is 5.92 Å². The molecule has 1 fully saturated rings. The molecule has 0 radical (unpaired) electrons. The number of fused-ring (bicyclic) bond motifs is 2. The smallest absolute Gasteiger partial charge is 0.256 e. The molecule has 3 amide bonds. The molecule has 2 aromatic rings. The summed E-state index contributed by atoms with van der Waals surface area (Å²) in [6, 6.07) is 14.4. The molecule has 6 nitrogen and oxygen atoms in total. The van der Waals surface area contributed by atoms with Gasteiger partial charge in [-0.25, -0.2) is 0 Å². The fraction of sp³-hybridized carbons (Fsp3) is 0.423. The topological polar surface area (TPSA) is 69.7 Å². The van der Waals surface area contributed by atoms with E-state index in [1.165, 1.54) is 0 Å². The van der Waals surface area contributed by atoms with Crippen LogP contribution in [0.5, 0.6) is 0 Å². The van der Waals surface area contributed by atoms with E-state index in [0.29, 0.717) is 42.2 Å². The number of para-hydroxylation sites is 1. The van der Waals surface area contributed by atoms with Crippen LogP contribution in [0.15, 0.2) is 48.5 Å². The Morgan fingerprint density at radius 2 is 1.78 bits per heavy atom. The molecule has 1 saturated heterocycles. The lowest BCUT2D eigenvalue weighted by atomic mass is 10.0. The number of carbonyl (C=O) groups excluding carboxylic acids is 3. The highest BCUT2D eigenvalue weighted by atomic mass is 16.2. The number of rotatable bonds is 6. The molecule has 0 saturated carbocycles. The summed E-state index contributed by atoms with van der Waals surface area (Å²) in [5.41, 5.74) is 2.74. The van der Waals surface area contributed by atoms with Gasteiger partial charge in [-0.15, -0.1) is 0 Å². The molecule has 2 aromatic carbocycles. The molecule has 32 heavy (non-hydrogen) atoms. The summed E-state index contributed by atoms with van der Waals surface area (Å²) in [6.07, 6.45) is 2.47. The van der Waals surface area contributed by atoms with E-state index in [4.69, 9.17) is 0 Å². The second-order valence-electron chi connectivity index (χ2n) is 9.30. The summed E-state index contributed by atoms with van der Waals surface area (Å²) < 4.78 is 0. The van der Waals surface area contributed by atoms with Crippen LogP contribution < -0.4 is 10.2 Å². The van der Waals surface area contributed by atoms with E-state index in [-0.39, 0.29) is 23.8 Å². The monoisotopic (exact) mass is 433 g/mol. The number of amides is 3. The minimum atomic E-state index is -0.401. The first-order valence-electron chi connectivity index (χ1n) is 11.5. The molecular formula is C26H31N3O3. The summed E-state index contributed by atoms with van der Waals surface area (Å²) >= 11 is 0. The van der Waals surface area contributed by atoms with Crippen molar-refractivity contribution in [1.82, 2.24) is 10.2 Å². The summed E-state index contributed by atoms with van der Waals surface area (Å²) in [7, 11) is 0. The van der Waals surface area contributed by atoms with Crippen molar-refractivity contribution in [1.29, 1.82) is 0 Å². The number of nitrogens with zero attached hydrogens (tertiary/aromatic N) is 2. The number of hydrogen-bond donors (Lipinski definition) is 1. The third-order valence-corrected chi connectivity index (χ3v) is 6.25. The van der Waals surface area contributed by atoms with Crippen LogP contribution in [0.2, 0.25) is 0 Å². The van der Waals surface area contributed by atoms with Gasteiger partial charge in [0.2, 0.25) is 5.91 Å². The maximum Gasteiger partial charge on any atom is 0.256 e. The summed E-state index contributed by atoms with van der Waals surface area (Å²) in [5, 5.41) is 3.04. The van der Waals surface area contributed by atoms with Gasteiger partial charge in [-0.1, -0.05) is 38.1 Å². The van der Waals surface area contributed by atoms with Crippen LogP contribution in [0.1, 0.15) is 66.3 Å². The van der Waals surface area contributed by atoms with E-state index < -0.39 is 6.04 Å². The molecule has 168 valence electrons. The van der Waals surface area contributed by atoms with Gasteiger partial charge in [-0.2, -0.15) is 0 Å². The van der Waals surface area contributed by atoms with Crippen LogP contribution in [-0.4, -0.2) is 41.2 Å². The lowest BCUT2D eigenvalue weighted by molar-refractivity contribution is -0.122. The van der Waals surface area contributed by atoms with E-state index in [1.54, 1.807) is 28.0 Å². The van der Waals surface area contributed by atoms with E-state index in [0.717, 1.165) is 18.4 Å². The van der Waals surface area contributed by atoms with Gasteiger partial charge in [-0.05, 0) is 61.9 Å². The molecule has 2 aliphatic heterocycles. The number of anilines is 1. The Bertz CT molecular complexity index is 1020. The van der Waals surface area contributed by atoms with Crippen molar-refractivity contribution in [2.24, 2.45) is 5.92 Å². The van der Waals surface area contributed by atoms with Crippen LogP contribution in [0.4, 0.5) is 5.69 Å². The molecule has 1 N–H and O–H groups in total. The first kappa shape index (κ1) is 22.1. The van der Waals surface area contributed by atoms with Gasteiger partial charge >= 0.3 is 0 Å². The molecule has 0 unspecified atom stereocenters. The fourth-order valence-electron chi connectivity index (χ4n) is 4.79. The Balaban J connectivity index is 1.54. The van der Waals surface area contributed by atoms with Gasteiger partial charge < -0.3 is 15.1 Å². The van der Waals surface area contributed by atoms with Gasteiger partial charge in [0.1, 0.15) is 6.04 Å². The molecule has 2 heterocycles. The maximum atomic E-state index is 13.4. The first-order valence-corrected chi connectivity index (χ1v) is 11.5. The number of nitrogens with one attached hydrogen (secondary N) is 1. The second kappa shape index (κ2) is 9.15. The summed E-state index contributed by atoms with van der Waals surface area (Å²) in [4.78, 5) is 42.4. The van der Waals surface area contributed by atoms with Crippen molar-refractivity contribution in [2.45, 2.75) is 58.7 Å². The lowest BCUT2D eigenvalue weighted by Crippen LogP contribution is -2.44. The molecular weight excluding hydrogens is 402 g/mol. The van der Waals surface area contributed by atoms with Gasteiger partial charge in [0.15, 0.2) is 0 Å². The zero-order valence-electron chi connectivity index (χ0n) is 19.0. The molecule has 0 aliphatic carbocycles. The zero-order valence-corrected chi connectivity index (χ0v) is 19.0. The minimum absolute atomic E-state index is 0.0369. The van der Waals surface area contributed by atoms with Crippen LogP contribution in [0.25, 0.3) is 0 Å². The third kappa shape index (κ3) is 4.40. The number of benzene rings is 2. The highest BCUT2D eigenvalue weighted by Gasteiger charge is 2.41. The van der Waals surface area contributed by atoms with Crippen LogP contribution in [0.3, 0.4) is 0 Å². The Morgan fingerprint density at radius 3 is 2.50 bits per heavy atom. The van der Waals surface area contributed by atoms with Gasteiger partial charge in [0, 0.05) is 18.2 Å². The van der Waals surface area contributed by atoms with E-state index in [1.807, 2.05) is 37.3 Å². The fourth-order valence-corrected chi connectivity index (χ4v) is 4.79. The summed E-state index contributed by atoms with van der Waals surface area (Å²) in [6.45, 7) is 7.27. The minimum Gasteiger partial charge on any atom is -0.350 e. The third-order valence-electron chi connectivity index (χ3n) is 6.25. The predicted molar refractivity (Wildman–Crippen MR) is 125 cm³/mol. The molecule has 0 spiro atoms. The number of carbonyl (C=O) groups is 3. The van der Waals surface area contributed by atoms with Crippen molar-refractivity contribution in [2.75, 3.05) is 11.4 Å². The molecule has 4 rings (SSSR count). The zero-order chi connectivity index (χ0) is 22.8. The Hall–Kier alpha value is -3.15. The highest BCUT2D eigenvalue weighted by Crippen LogP contribution is 2.33. The van der Waals surface area contributed by atoms with Crippen molar-refractivity contribution < 1.29 is 14.4 Å². The quantitative estimate of drug-likeness (QED) is 0.749. The number of hydrogen-bond acceptors (Lipinski definition) is 3. The van der Waals surface area contributed by atoms with Crippen molar-refractivity contribution in [3.05, 3.63) is 65.2 Å². The second-order valence-corrected chi connectivity index (χ2v) is 9.30. The molecule has 0 aromatic heterocycles. The van der Waals surface area contributed by atoms with E-state index >= 15 is 0 Å². The van der Waals surface area contributed by atoms with E-state index in [2.05, 4.69) is 19.2 Å². The predicted octanol–water partition coefficient (Wildman–Crippen LogP) is 4.00. The Morgan fingerprint density at radius 1 is 1.06 bits per heavy atom. The average Bonchev–Trinajstić information content (AvgIpc) is 3.23.